The SMILES string of the molecule is CCC1COCCN1C(=O)c1sc(NC2CC2)nc1N. The zero-order valence-corrected chi connectivity index (χ0v) is 12.4. The normalized spacial score (nSPS) is 22.9. The minimum Gasteiger partial charge on any atom is -0.382 e. The zero-order chi connectivity index (χ0) is 14.1. The number of ether oxygens (including phenoxy) is 1. The Morgan fingerprint density at radius 1 is 1.60 bits per heavy atom. The van der Waals surface area contributed by atoms with Crippen molar-refractivity contribution in [2.24, 2.45) is 0 Å². The minimum atomic E-state index is -0.0148. The minimum absolute atomic E-state index is 0.0148. The number of hydrogen-bond donors (Lipinski definition) is 2. The molecule has 1 aliphatic carbocycles. The van der Waals surface area contributed by atoms with E-state index in [9.17, 15) is 4.79 Å². The third kappa shape index (κ3) is 2.73. The number of aromatic nitrogens is 1. The van der Waals surface area contributed by atoms with E-state index in [0.717, 1.165) is 11.6 Å². The molecule has 7 heteroatoms. The number of carbonyl (C=O) groups excluding carboxylic acids is 1. The highest BCUT2D eigenvalue weighted by Crippen LogP contribution is 2.31. The summed E-state index contributed by atoms with van der Waals surface area (Å²) in [5, 5.41) is 4.05. The standard InChI is InChI=1S/C13H20N4O2S/c1-2-9-7-19-6-5-17(9)12(18)10-11(14)16-13(20-10)15-8-3-4-8/h8-9H,2-7,14H2,1H3,(H,15,16). The summed E-state index contributed by atoms with van der Waals surface area (Å²) in [6, 6.07) is 0.646. The molecule has 110 valence electrons. The van der Waals surface area contributed by atoms with Gasteiger partial charge in [0.25, 0.3) is 5.91 Å². The average Bonchev–Trinajstić information content (AvgIpc) is 3.20. The Bertz CT molecular complexity index is 501. The van der Waals surface area contributed by atoms with Gasteiger partial charge in [-0.15, -0.1) is 0 Å². The Morgan fingerprint density at radius 3 is 3.10 bits per heavy atom. The second-order valence-corrected chi connectivity index (χ2v) is 6.29. The van der Waals surface area contributed by atoms with E-state index >= 15 is 0 Å². The van der Waals surface area contributed by atoms with Gasteiger partial charge in [-0.2, -0.15) is 0 Å². The maximum atomic E-state index is 12.6. The number of rotatable bonds is 4. The fourth-order valence-corrected chi connectivity index (χ4v) is 3.26. The molecule has 1 aliphatic heterocycles. The van der Waals surface area contributed by atoms with E-state index in [-0.39, 0.29) is 11.9 Å². The van der Waals surface area contributed by atoms with Gasteiger partial charge in [0.1, 0.15) is 10.7 Å². The Labute approximate surface area is 122 Å². The topological polar surface area (TPSA) is 80.5 Å². The molecule has 1 amide bonds. The third-order valence-electron chi connectivity index (χ3n) is 3.71. The molecule has 0 radical (unpaired) electrons. The summed E-state index contributed by atoms with van der Waals surface area (Å²) in [4.78, 5) is 19.3. The van der Waals surface area contributed by atoms with E-state index in [0.29, 0.717) is 36.5 Å². The number of nitrogens with two attached hydrogens (primary N) is 1. The molecule has 20 heavy (non-hydrogen) atoms. The molecular formula is C13H20N4O2S. The van der Waals surface area contributed by atoms with Crippen molar-refractivity contribution in [2.45, 2.75) is 38.3 Å². The number of thiazole rings is 1. The van der Waals surface area contributed by atoms with Crippen molar-refractivity contribution in [3.63, 3.8) is 0 Å². The zero-order valence-electron chi connectivity index (χ0n) is 11.6. The molecule has 0 aromatic carbocycles. The van der Waals surface area contributed by atoms with Gasteiger partial charge in [-0.1, -0.05) is 18.3 Å². The highest BCUT2D eigenvalue weighted by Gasteiger charge is 2.30. The summed E-state index contributed by atoms with van der Waals surface area (Å²) in [7, 11) is 0. The lowest BCUT2D eigenvalue weighted by atomic mass is 10.1. The van der Waals surface area contributed by atoms with Gasteiger partial charge in [-0.3, -0.25) is 4.79 Å². The van der Waals surface area contributed by atoms with Crippen LogP contribution in [0.2, 0.25) is 0 Å². The van der Waals surface area contributed by atoms with Gasteiger partial charge in [0.15, 0.2) is 5.13 Å². The molecule has 1 aromatic rings. The second kappa shape index (κ2) is 5.57. The van der Waals surface area contributed by atoms with Crippen LogP contribution in [-0.2, 0) is 4.74 Å². The quantitative estimate of drug-likeness (QED) is 0.881. The summed E-state index contributed by atoms with van der Waals surface area (Å²) < 4.78 is 5.44. The average molecular weight is 296 g/mol. The number of anilines is 2. The molecule has 1 aromatic heterocycles. The monoisotopic (exact) mass is 296 g/mol. The van der Waals surface area contributed by atoms with Crippen LogP contribution in [0.3, 0.4) is 0 Å². The lowest BCUT2D eigenvalue weighted by Gasteiger charge is -2.34. The molecule has 1 saturated carbocycles. The molecule has 0 bridgehead atoms. The highest BCUT2D eigenvalue weighted by atomic mass is 32.1. The van der Waals surface area contributed by atoms with Gasteiger partial charge < -0.3 is 20.7 Å². The molecular weight excluding hydrogens is 276 g/mol. The predicted molar refractivity (Wildman–Crippen MR) is 79.1 cm³/mol. The first-order valence-electron chi connectivity index (χ1n) is 7.10. The van der Waals surface area contributed by atoms with Gasteiger partial charge in [-0.25, -0.2) is 4.98 Å². The first-order chi connectivity index (χ1) is 9.69. The Hall–Kier alpha value is -1.34. The van der Waals surface area contributed by atoms with Crippen molar-refractivity contribution in [1.29, 1.82) is 0 Å². The van der Waals surface area contributed by atoms with Gasteiger partial charge >= 0.3 is 0 Å². The van der Waals surface area contributed by atoms with E-state index in [1.54, 1.807) is 0 Å². The number of carbonyl (C=O) groups is 1. The fourth-order valence-electron chi connectivity index (χ4n) is 2.34. The number of morpholine rings is 1. The molecule has 2 aliphatic rings. The molecule has 1 unspecified atom stereocenters. The molecule has 2 heterocycles. The van der Waals surface area contributed by atoms with Crippen molar-refractivity contribution in [1.82, 2.24) is 9.88 Å². The molecule has 2 fully saturated rings. The lowest BCUT2D eigenvalue weighted by Crippen LogP contribution is -2.48. The fraction of sp³-hybridized carbons (Fsp3) is 0.692. The molecule has 6 nitrogen and oxygen atoms in total. The summed E-state index contributed by atoms with van der Waals surface area (Å²) in [5.74, 6) is 0.323. The van der Waals surface area contributed by atoms with Gasteiger partial charge in [0.05, 0.1) is 19.3 Å². The van der Waals surface area contributed by atoms with Crippen LogP contribution in [0.1, 0.15) is 35.9 Å². The number of amides is 1. The van der Waals surface area contributed by atoms with Crippen LogP contribution in [0.25, 0.3) is 0 Å². The first kappa shape index (κ1) is 13.6. The molecule has 0 spiro atoms. The van der Waals surface area contributed by atoms with Crippen LogP contribution in [0, 0.1) is 0 Å². The van der Waals surface area contributed by atoms with Crippen molar-refractivity contribution < 1.29 is 9.53 Å². The highest BCUT2D eigenvalue weighted by molar-refractivity contribution is 7.18. The number of nitrogens with zero attached hydrogens (tertiary/aromatic N) is 2. The van der Waals surface area contributed by atoms with E-state index in [4.69, 9.17) is 10.5 Å². The van der Waals surface area contributed by atoms with E-state index in [1.807, 2.05) is 4.90 Å². The Balaban J connectivity index is 1.76. The van der Waals surface area contributed by atoms with Crippen LogP contribution in [0.15, 0.2) is 0 Å². The van der Waals surface area contributed by atoms with E-state index in [2.05, 4.69) is 17.2 Å². The smallest absolute Gasteiger partial charge is 0.268 e. The predicted octanol–water partition coefficient (Wildman–Crippen LogP) is 1.55. The first-order valence-corrected chi connectivity index (χ1v) is 7.92. The van der Waals surface area contributed by atoms with Crippen molar-refractivity contribution in [3.05, 3.63) is 4.88 Å². The number of nitrogen functional groups attached to an aromatic ring is 1. The van der Waals surface area contributed by atoms with E-state index < -0.39 is 0 Å². The van der Waals surface area contributed by atoms with Crippen LogP contribution < -0.4 is 11.1 Å². The third-order valence-corrected chi connectivity index (χ3v) is 4.70. The molecule has 1 atom stereocenters. The number of nitrogens with one attached hydrogen (secondary N) is 1. The van der Waals surface area contributed by atoms with Crippen LogP contribution in [0.4, 0.5) is 10.9 Å². The van der Waals surface area contributed by atoms with Crippen LogP contribution >= 0.6 is 11.3 Å². The van der Waals surface area contributed by atoms with E-state index in [1.165, 1.54) is 24.2 Å². The van der Waals surface area contributed by atoms with Crippen LogP contribution in [0.5, 0.6) is 0 Å². The Kier molecular flexibility index (Phi) is 3.80. The summed E-state index contributed by atoms with van der Waals surface area (Å²) >= 11 is 1.36. The molecule has 3 N–H and O–H groups in total. The van der Waals surface area contributed by atoms with Crippen molar-refractivity contribution in [2.75, 3.05) is 30.8 Å². The lowest BCUT2D eigenvalue weighted by molar-refractivity contribution is -0.00249. The summed E-state index contributed by atoms with van der Waals surface area (Å²) in [6.07, 6.45) is 3.23. The summed E-state index contributed by atoms with van der Waals surface area (Å²) in [5.41, 5.74) is 5.91. The molecule has 1 saturated heterocycles. The van der Waals surface area contributed by atoms with Crippen molar-refractivity contribution >= 4 is 28.2 Å². The maximum absolute atomic E-state index is 12.6. The van der Waals surface area contributed by atoms with Gasteiger partial charge in [-0.05, 0) is 19.3 Å². The second-order valence-electron chi connectivity index (χ2n) is 5.29. The van der Waals surface area contributed by atoms with Gasteiger partial charge in [0.2, 0.25) is 0 Å². The van der Waals surface area contributed by atoms with Crippen LogP contribution in [-0.4, -0.2) is 47.6 Å². The number of hydrogen-bond acceptors (Lipinski definition) is 6. The maximum Gasteiger partial charge on any atom is 0.268 e. The Morgan fingerprint density at radius 2 is 2.40 bits per heavy atom. The van der Waals surface area contributed by atoms with Gasteiger partial charge in [0, 0.05) is 12.6 Å². The van der Waals surface area contributed by atoms with Crippen molar-refractivity contribution in [3.8, 4) is 0 Å². The summed E-state index contributed by atoms with van der Waals surface area (Å²) in [6.45, 7) is 3.89. The molecule has 3 rings (SSSR count). The largest absolute Gasteiger partial charge is 0.382 e.